The highest BCUT2D eigenvalue weighted by atomic mass is 16.6. The summed E-state index contributed by atoms with van der Waals surface area (Å²) in [5, 5.41) is 27.7. The van der Waals surface area contributed by atoms with Gasteiger partial charge >= 0.3 is 18.1 Å². The van der Waals surface area contributed by atoms with Crippen molar-refractivity contribution in [3.05, 3.63) is 95.6 Å². The summed E-state index contributed by atoms with van der Waals surface area (Å²) in [6.45, 7) is 13.3. The zero-order valence-corrected chi connectivity index (χ0v) is 43.9. The van der Waals surface area contributed by atoms with Crippen LogP contribution in [0.5, 0.6) is 0 Å². The Balaban J connectivity index is 1.02. The summed E-state index contributed by atoms with van der Waals surface area (Å²) >= 11 is 0. The molecule has 3 saturated heterocycles. The average Bonchev–Trinajstić information content (AvgIpc) is 4.13. The molecule has 3 aliphatic rings. The van der Waals surface area contributed by atoms with Gasteiger partial charge in [-0.3, -0.25) is 29.3 Å². The van der Waals surface area contributed by atoms with Gasteiger partial charge in [-0.15, -0.1) is 0 Å². The second-order valence-corrected chi connectivity index (χ2v) is 20.0. The monoisotopic (exact) mass is 1040 g/mol. The van der Waals surface area contributed by atoms with Gasteiger partial charge in [0.25, 0.3) is 0 Å². The number of allylic oxidation sites excluding steroid dienone is 2. The molecule has 0 aromatic heterocycles. The standard InChI is InChI=1S/C54H76N8O13/c1-31(2)48(55)51(68)62-42(9-8-24-57-52(56)69)50(67)59-39-19-15-38(16-20-39)29-71-53(70)60-40-17-13-37(14-18-40)28-58-47(65)26-41-27-54(30-72-54)49(66)45(75-41)22-11-32(3)10-21-44-33(4)25-43(35(6)74-44)61-46(64)23-12-34(5)73-36(7)63/h10-20,22-23,31,33-35,41-45,48-49,66H,8-9,21,24-30,55H2,1-7H3,(H,58,65)(H,59,67)(H,60,70)(H,61,64)(H,62,68)(H3,56,57,69)/b22-11+,23-12-,32-10+/t33-,34-,35+,41+,42+,43+,44-,45+,48+,49+,54+/m0/s1. The zero-order chi connectivity index (χ0) is 54.8. The Kier molecular flexibility index (Phi) is 22.4. The quantitative estimate of drug-likeness (QED) is 0.0233. The highest BCUT2D eigenvalue weighted by Crippen LogP contribution is 2.43. The van der Waals surface area contributed by atoms with Crippen LogP contribution in [0.25, 0.3) is 0 Å². The number of hydrogen-bond acceptors (Lipinski definition) is 14. The third kappa shape index (κ3) is 19.5. The third-order valence-electron chi connectivity index (χ3n) is 13.2. The average molecular weight is 1050 g/mol. The molecular weight excluding hydrogens is 969 g/mol. The van der Waals surface area contributed by atoms with Crippen LogP contribution in [-0.2, 0) is 60.8 Å². The van der Waals surface area contributed by atoms with Crippen molar-refractivity contribution in [2.45, 2.75) is 160 Å². The number of urea groups is 1. The summed E-state index contributed by atoms with van der Waals surface area (Å²) in [6.07, 6.45) is 7.52. The summed E-state index contributed by atoms with van der Waals surface area (Å²) < 4.78 is 28.7. The number of nitrogens with one attached hydrogen (secondary N) is 6. The molecule has 7 amide bonds. The highest BCUT2D eigenvalue weighted by Gasteiger charge is 2.58. The number of ether oxygens (including phenoxy) is 5. The molecule has 21 heteroatoms. The van der Waals surface area contributed by atoms with Gasteiger partial charge in [-0.25, -0.2) is 9.59 Å². The summed E-state index contributed by atoms with van der Waals surface area (Å²) in [7, 11) is 0. The van der Waals surface area contributed by atoms with E-state index in [1.165, 1.54) is 19.1 Å². The van der Waals surface area contributed by atoms with Gasteiger partial charge in [-0.1, -0.05) is 68.8 Å². The number of anilines is 2. The number of aliphatic hydroxyl groups is 1. The van der Waals surface area contributed by atoms with Gasteiger partial charge in [0.2, 0.25) is 23.6 Å². The molecule has 0 bridgehead atoms. The summed E-state index contributed by atoms with van der Waals surface area (Å²) in [4.78, 5) is 86.4. The normalized spacial score (nSPS) is 24.7. The molecule has 3 fully saturated rings. The lowest BCUT2D eigenvalue weighted by molar-refractivity contribution is -0.145. The van der Waals surface area contributed by atoms with E-state index in [-0.39, 0.29) is 74.4 Å². The van der Waals surface area contributed by atoms with E-state index in [2.05, 4.69) is 44.9 Å². The first-order chi connectivity index (χ1) is 35.6. The molecule has 75 heavy (non-hydrogen) atoms. The molecule has 21 nitrogen and oxygen atoms in total. The minimum atomic E-state index is -0.921. The smallest absolute Gasteiger partial charge is 0.411 e. The van der Waals surface area contributed by atoms with Gasteiger partial charge in [0.15, 0.2) is 0 Å². The third-order valence-corrected chi connectivity index (χ3v) is 13.2. The van der Waals surface area contributed by atoms with Crippen molar-refractivity contribution in [3.63, 3.8) is 0 Å². The molecule has 0 saturated carbocycles. The number of carbonyl (C=O) groups is 7. The first kappa shape index (κ1) is 59.2. The second kappa shape index (κ2) is 28.3. The van der Waals surface area contributed by atoms with Gasteiger partial charge < -0.3 is 66.8 Å². The maximum Gasteiger partial charge on any atom is 0.411 e. The molecule has 0 aliphatic carbocycles. The Bertz CT molecular complexity index is 2370. The number of amides is 7. The molecule has 11 atom stereocenters. The number of rotatable bonds is 24. The number of esters is 1. The maximum atomic E-state index is 13.2. The topological polar surface area (TPSA) is 313 Å². The lowest BCUT2D eigenvalue weighted by Crippen LogP contribution is -2.51. The van der Waals surface area contributed by atoms with Gasteiger partial charge in [-0.05, 0) is 99.8 Å². The number of nitrogens with two attached hydrogens (primary N) is 2. The van der Waals surface area contributed by atoms with Crippen molar-refractivity contribution in [3.8, 4) is 0 Å². The Labute approximate surface area is 438 Å². The van der Waals surface area contributed by atoms with Crippen molar-refractivity contribution in [2.75, 3.05) is 23.8 Å². The molecule has 3 heterocycles. The molecule has 5 rings (SSSR count). The van der Waals surface area contributed by atoms with E-state index >= 15 is 0 Å². The number of carbonyl (C=O) groups excluding carboxylic acids is 7. The maximum absolute atomic E-state index is 13.2. The van der Waals surface area contributed by atoms with E-state index in [1.54, 1.807) is 75.4 Å². The molecule has 11 N–H and O–H groups in total. The van der Waals surface area contributed by atoms with Crippen molar-refractivity contribution in [2.24, 2.45) is 23.3 Å². The lowest BCUT2D eigenvalue weighted by atomic mass is 9.87. The molecule has 0 radical (unpaired) electrons. The van der Waals surface area contributed by atoms with Crippen molar-refractivity contribution < 1.29 is 62.4 Å². The van der Waals surface area contributed by atoms with Gasteiger partial charge in [0, 0.05) is 43.9 Å². The number of aliphatic hydroxyl groups excluding tert-OH is 1. The Morgan fingerprint density at radius 1 is 0.893 bits per heavy atom. The van der Waals surface area contributed by atoms with E-state index < -0.39 is 72.0 Å². The first-order valence-corrected chi connectivity index (χ1v) is 25.5. The van der Waals surface area contributed by atoms with Crippen LogP contribution in [0.4, 0.5) is 21.0 Å². The zero-order valence-electron chi connectivity index (χ0n) is 43.9. The Morgan fingerprint density at radius 2 is 1.56 bits per heavy atom. The number of primary amides is 1. The predicted octanol–water partition coefficient (Wildman–Crippen LogP) is 4.28. The Hall–Kier alpha value is -6.65. The summed E-state index contributed by atoms with van der Waals surface area (Å²) in [5.41, 5.74) is 13.7. The van der Waals surface area contributed by atoms with Crippen LogP contribution >= 0.6 is 0 Å². The number of hydrogen-bond donors (Lipinski definition) is 9. The molecule has 410 valence electrons. The minimum absolute atomic E-state index is 0.0582. The van der Waals surface area contributed by atoms with Crippen LogP contribution < -0.4 is 43.4 Å². The van der Waals surface area contributed by atoms with E-state index in [1.807, 2.05) is 19.9 Å². The fourth-order valence-electron chi connectivity index (χ4n) is 8.65. The molecule has 3 aliphatic heterocycles. The number of benzene rings is 2. The van der Waals surface area contributed by atoms with Crippen LogP contribution in [0.3, 0.4) is 0 Å². The summed E-state index contributed by atoms with van der Waals surface area (Å²) in [6, 6.07) is 10.9. The van der Waals surface area contributed by atoms with Crippen molar-refractivity contribution >= 4 is 53.1 Å². The highest BCUT2D eigenvalue weighted by molar-refractivity contribution is 5.98. The van der Waals surface area contributed by atoms with E-state index in [0.29, 0.717) is 42.8 Å². The first-order valence-electron chi connectivity index (χ1n) is 25.5. The SMILES string of the molecule is CC(=O)O[C@@H](C)/C=C\C(=O)N[C@@H]1C[C@H](C)[C@H](C/C=C(C)/C=C/[C@H]2O[C@H](CC(=O)NCc3ccc(NC(=O)OCc4ccc(NC(=O)[C@@H](CCCNC(N)=O)NC(=O)[C@H](N)C(C)C)cc4)cc3)C[C@@]3(CO3)[C@@H]2O)O[C@@H]1C. The second-order valence-electron chi connectivity index (χ2n) is 20.0. The molecule has 2 aromatic rings. The molecule has 0 unspecified atom stereocenters. The lowest BCUT2D eigenvalue weighted by Gasteiger charge is -2.39. The van der Waals surface area contributed by atoms with E-state index in [4.69, 9.17) is 35.2 Å². The predicted molar refractivity (Wildman–Crippen MR) is 279 cm³/mol. The summed E-state index contributed by atoms with van der Waals surface area (Å²) in [5.74, 6) is -1.86. The van der Waals surface area contributed by atoms with Crippen molar-refractivity contribution in [1.29, 1.82) is 0 Å². The van der Waals surface area contributed by atoms with Gasteiger partial charge in [0.1, 0.15) is 36.6 Å². The van der Waals surface area contributed by atoms with Crippen molar-refractivity contribution in [1.82, 2.24) is 21.3 Å². The fraction of sp³-hybridized carbons (Fsp3) is 0.537. The molecule has 1 spiro atoms. The van der Waals surface area contributed by atoms with E-state index in [0.717, 1.165) is 17.6 Å². The fourth-order valence-corrected chi connectivity index (χ4v) is 8.65. The van der Waals surface area contributed by atoms with Crippen LogP contribution in [0.15, 0.2) is 84.5 Å². The Morgan fingerprint density at radius 3 is 2.20 bits per heavy atom. The van der Waals surface area contributed by atoms with Crippen LogP contribution in [0, 0.1) is 11.8 Å². The van der Waals surface area contributed by atoms with E-state index in [9.17, 15) is 38.7 Å². The van der Waals surface area contributed by atoms with Gasteiger partial charge in [-0.2, -0.15) is 0 Å². The van der Waals surface area contributed by atoms with Crippen LogP contribution in [0.2, 0.25) is 0 Å². The van der Waals surface area contributed by atoms with Gasteiger partial charge in [0.05, 0.1) is 43.4 Å². The van der Waals surface area contributed by atoms with Crippen LogP contribution in [-0.4, -0.2) is 120 Å². The van der Waals surface area contributed by atoms with Crippen LogP contribution in [0.1, 0.15) is 98.1 Å². The minimum Gasteiger partial charge on any atom is -0.459 e. The molecular formula is C54H76N8O13. The molecule has 2 aromatic carbocycles. The number of epoxide rings is 1. The largest absolute Gasteiger partial charge is 0.459 e.